The Hall–Kier alpha value is -1.43. The Morgan fingerprint density at radius 2 is 2.06 bits per heavy atom. The maximum atomic E-state index is 11.6. The molecule has 1 heterocycles. The number of rotatable bonds is 2. The highest BCUT2D eigenvalue weighted by molar-refractivity contribution is 6.39. The lowest BCUT2D eigenvalue weighted by Gasteiger charge is -2.22. The van der Waals surface area contributed by atoms with Gasteiger partial charge in [0.15, 0.2) is 0 Å². The Morgan fingerprint density at radius 3 is 2.56 bits per heavy atom. The zero-order valence-corrected chi connectivity index (χ0v) is 10.0. The fraction of sp³-hybridized carbons (Fsp3) is 0.700. The summed E-state index contributed by atoms with van der Waals surface area (Å²) in [5.41, 5.74) is 2.18. The van der Waals surface area contributed by atoms with Gasteiger partial charge in [-0.3, -0.25) is 14.4 Å². The normalized spacial score (nSPS) is 17.1. The predicted octanol–water partition coefficient (Wildman–Crippen LogP) is 0.441. The van der Waals surface area contributed by atoms with Crippen LogP contribution < -0.4 is 5.48 Å². The number of carbonyl (C=O) groups is 2. The number of hydrazone groups is 1. The maximum Gasteiger partial charge on any atom is 0.291 e. The van der Waals surface area contributed by atoms with Crippen molar-refractivity contribution in [1.82, 2.24) is 10.5 Å². The van der Waals surface area contributed by atoms with Crippen molar-refractivity contribution in [3.8, 4) is 0 Å². The van der Waals surface area contributed by atoms with E-state index >= 15 is 0 Å². The minimum absolute atomic E-state index is 0.0895. The smallest absolute Gasteiger partial charge is 0.273 e. The van der Waals surface area contributed by atoms with E-state index in [0.717, 1.165) is 0 Å². The molecule has 16 heavy (non-hydrogen) atoms. The fourth-order valence-corrected chi connectivity index (χ4v) is 1.09. The van der Waals surface area contributed by atoms with Gasteiger partial charge in [-0.25, -0.2) is 10.5 Å². The topological polar surface area (TPSA) is 71.0 Å². The number of hydroxylamine groups is 1. The number of nitrogens with zero attached hydrogens (tertiary/aromatic N) is 2. The van der Waals surface area contributed by atoms with Crippen LogP contribution >= 0.6 is 0 Å². The zero-order chi connectivity index (χ0) is 12.3. The number of nitrogens with one attached hydrogen (secondary N) is 1. The SMILES string of the molecule is CN1N=C(C(=O)NOC(C)(C)C)CCC1=O. The largest absolute Gasteiger partial charge is 0.291 e. The van der Waals surface area contributed by atoms with Crippen LogP contribution in [0.3, 0.4) is 0 Å². The van der Waals surface area contributed by atoms with E-state index in [1.807, 2.05) is 20.8 Å². The van der Waals surface area contributed by atoms with E-state index in [9.17, 15) is 9.59 Å². The third-order valence-electron chi connectivity index (χ3n) is 1.92. The summed E-state index contributed by atoms with van der Waals surface area (Å²) in [6, 6.07) is 0. The first-order valence-electron chi connectivity index (χ1n) is 5.12. The van der Waals surface area contributed by atoms with Gasteiger partial charge in [-0.15, -0.1) is 0 Å². The third kappa shape index (κ3) is 3.62. The van der Waals surface area contributed by atoms with Crippen LogP contribution in [-0.2, 0) is 14.4 Å². The lowest BCUT2D eigenvalue weighted by Crippen LogP contribution is -2.40. The molecular weight excluding hydrogens is 210 g/mol. The molecule has 0 radical (unpaired) electrons. The van der Waals surface area contributed by atoms with Crippen molar-refractivity contribution in [1.29, 1.82) is 0 Å². The summed E-state index contributed by atoms with van der Waals surface area (Å²) in [4.78, 5) is 27.8. The van der Waals surface area contributed by atoms with Gasteiger partial charge in [0.1, 0.15) is 5.71 Å². The van der Waals surface area contributed by atoms with E-state index in [0.29, 0.717) is 18.6 Å². The predicted molar refractivity (Wildman–Crippen MR) is 58.4 cm³/mol. The second-order valence-electron chi connectivity index (χ2n) is 4.61. The summed E-state index contributed by atoms with van der Waals surface area (Å²) in [5.74, 6) is -0.484. The van der Waals surface area contributed by atoms with Crippen LogP contribution in [0.25, 0.3) is 0 Å². The molecule has 1 aliphatic rings. The lowest BCUT2D eigenvalue weighted by atomic mass is 10.1. The van der Waals surface area contributed by atoms with Crippen LogP contribution in [0.4, 0.5) is 0 Å². The quantitative estimate of drug-likeness (QED) is 0.696. The summed E-state index contributed by atoms with van der Waals surface area (Å²) in [5, 5.41) is 5.05. The maximum absolute atomic E-state index is 11.6. The number of amides is 2. The van der Waals surface area contributed by atoms with E-state index in [4.69, 9.17) is 4.84 Å². The zero-order valence-electron chi connectivity index (χ0n) is 10.0. The molecule has 0 bridgehead atoms. The van der Waals surface area contributed by atoms with Crippen molar-refractivity contribution in [2.24, 2.45) is 5.10 Å². The molecule has 6 heteroatoms. The molecule has 1 aliphatic heterocycles. The van der Waals surface area contributed by atoms with Gasteiger partial charge in [0.05, 0.1) is 5.60 Å². The summed E-state index contributed by atoms with van der Waals surface area (Å²) >= 11 is 0. The molecule has 0 atom stereocenters. The molecule has 0 saturated carbocycles. The van der Waals surface area contributed by atoms with E-state index in [1.165, 1.54) is 12.1 Å². The molecule has 0 fully saturated rings. The summed E-state index contributed by atoms with van der Waals surface area (Å²) in [7, 11) is 1.53. The van der Waals surface area contributed by atoms with Gasteiger partial charge < -0.3 is 0 Å². The molecule has 0 spiro atoms. The fourth-order valence-electron chi connectivity index (χ4n) is 1.09. The second-order valence-corrected chi connectivity index (χ2v) is 4.61. The summed E-state index contributed by atoms with van der Waals surface area (Å²) in [6.07, 6.45) is 0.654. The highest BCUT2D eigenvalue weighted by atomic mass is 16.7. The first-order valence-corrected chi connectivity index (χ1v) is 5.12. The van der Waals surface area contributed by atoms with Crippen LogP contribution in [0, 0.1) is 0 Å². The molecule has 2 amide bonds. The first kappa shape index (κ1) is 12.6. The number of hydrogen-bond donors (Lipinski definition) is 1. The van der Waals surface area contributed by atoms with E-state index in [-0.39, 0.29) is 5.91 Å². The molecule has 1 N–H and O–H groups in total. The number of hydrogen-bond acceptors (Lipinski definition) is 4. The Balaban J connectivity index is 2.55. The van der Waals surface area contributed by atoms with Crippen molar-refractivity contribution < 1.29 is 14.4 Å². The Kier molecular flexibility index (Phi) is 3.64. The molecule has 0 aromatic carbocycles. The monoisotopic (exact) mass is 227 g/mol. The highest BCUT2D eigenvalue weighted by Gasteiger charge is 2.23. The molecule has 0 saturated heterocycles. The average Bonchev–Trinajstić information content (AvgIpc) is 2.17. The molecule has 1 rings (SSSR count). The van der Waals surface area contributed by atoms with E-state index in [1.54, 1.807) is 0 Å². The van der Waals surface area contributed by atoms with Crippen LogP contribution in [-0.4, -0.2) is 35.2 Å². The molecule has 6 nitrogen and oxygen atoms in total. The molecule has 90 valence electrons. The van der Waals surface area contributed by atoms with E-state index in [2.05, 4.69) is 10.6 Å². The number of carbonyl (C=O) groups excluding carboxylic acids is 2. The summed E-state index contributed by atoms with van der Waals surface area (Å²) in [6.45, 7) is 5.48. The van der Waals surface area contributed by atoms with Gasteiger partial charge in [0.2, 0.25) is 5.91 Å². The highest BCUT2D eigenvalue weighted by Crippen LogP contribution is 2.08. The van der Waals surface area contributed by atoms with Crippen LogP contribution in [0.1, 0.15) is 33.6 Å². The Bertz CT molecular complexity index is 331. The minimum atomic E-state index is -0.452. The Morgan fingerprint density at radius 1 is 1.44 bits per heavy atom. The lowest BCUT2D eigenvalue weighted by molar-refractivity contribution is -0.139. The van der Waals surface area contributed by atoms with Crippen LogP contribution in [0.5, 0.6) is 0 Å². The van der Waals surface area contributed by atoms with Gasteiger partial charge in [-0.2, -0.15) is 5.10 Å². The molecule has 0 aromatic rings. The molecule has 0 aromatic heterocycles. The molecule has 0 unspecified atom stereocenters. The summed E-state index contributed by atoms with van der Waals surface area (Å²) < 4.78 is 0. The first-order chi connectivity index (χ1) is 7.29. The Labute approximate surface area is 94.6 Å². The van der Waals surface area contributed by atoms with Crippen molar-refractivity contribution in [2.45, 2.75) is 39.2 Å². The second kappa shape index (κ2) is 4.61. The van der Waals surface area contributed by atoms with Gasteiger partial charge >= 0.3 is 0 Å². The minimum Gasteiger partial charge on any atom is -0.273 e. The van der Waals surface area contributed by atoms with Gasteiger partial charge in [-0.1, -0.05) is 0 Å². The third-order valence-corrected chi connectivity index (χ3v) is 1.92. The standard InChI is InChI=1S/C10H17N3O3/c1-10(2,3)16-12-9(15)7-5-6-8(14)13(4)11-7/h5-6H2,1-4H3,(H,12,15). The van der Waals surface area contributed by atoms with Crippen molar-refractivity contribution in [3.63, 3.8) is 0 Å². The molecular formula is C10H17N3O3. The van der Waals surface area contributed by atoms with Crippen molar-refractivity contribution in [2.75, 3.05) is 7.05 Å². The van der Waals surface area contributed by atoms with Gasteiger partial charge in [0.25, 0.3) is 5.91 Å². The van der Waals surface area contributed by atoms with Gasteiger partial charge in [0, 0.05) is 19.9 Å². The average molecular weight is 227 g/mol. The van der Waals surface area contributed by atoms with Gasteiger partial charge in [-0.05, 0) is 20.8 Å². The van der Waals surface area contributed by atoms with E-state index < -0.39 is 11.5 Å². The van der Waals surface area contributed by atoms with Crippen LogP contribution in [0.2, 0.25) is 0 Å². The van der Waals surface area contributed by atoms with Crippen LogP contribution in [0.15, 0.2) is 5.10 Å². The van der Waals surface area contributed by atoms with Crippen molar-refractivity contribution in [3.05, 3.63) is 0 Å². The molecule has 0 aliphatic carbocycles. The van der Waals surface area contributed by atoms with Crippen molar-refractivity contribution >= 4 is 17.5 Å².